The largest absolute Gasteiger partial charge is 0.340 e. The highest BCUT2D eigenvalue weighted by Crippen LogP contribution is 2.04. The van der Waals surface area contributed by atoms with Crippen molar-refractivity contribution in [1.29, 1.82) is 0 Å². The van der Waals surface area contributed by atoms with Crippen molar-refractivity contribution in [3.8, 4) is 0 Å². The molecule has 1 unspecified atom stereocenters. The molecule has 0 aromatic carbocycles. The van der Waals surface area contributed by atoms with Gasteiger partial charge in [0.25, 0.3) is 0 Å². The van der Waals surface area contributed by atoms with E-state index in [1.807, 2.05) is 14.0 Å². The second-order valence-electron chi connectivity index (χ2n) is 3.09. The van der Waals surface area contributed by atoms with E-state index in [1.165, 1.54) is 0 Å². The lowest BCUT2D eigenvalue weighted by Crippen LogP contribution is -2.33. The summed E-state index contributed by atoms with van der Waals surface area (Å²) >= 11 is 0. The van der Waals surface area contributed by atoms with Gasteiger partial charge in [-0.2, -0.15) is 0 Å². The molecule has 2 nitrogen and oxygen atoms in total. The molecule has 0 bridgehead atoms. The average Bonchev–Trinajstić information content (AvgIpc) is 2.04. The van der Waals surface area contributed by atoms with Crippen molar-refractivity contribution in [2.24, 2.45) is 0 Å². The van der Waals surface area contributed by atoms with Crippen LogP contribution in [0, 0.1) is 0 Å². The molecule has 2 heteroatoms. The van der Waals surface area contributed by atoms with Crippen molar-refractivity contribution in [2.45, 2.75) is 39.7 Å². The Morgan fingerprint density at radius 1 is 1.58 bits per heavy atom. The highest BCUT2D eigenvalue weighted by atomic mass is 16.2. The van der Waals surface area contributed by atoms with Gasteiger partial charge < -0.3 is 4.90 Å². The van der Waals surface area contributed by atoms with Crippen molar-refractivity contribution in [2.75, 3.05) is 7.05 Å². The number of amides is 1. The van der Waals surface area contributed by atoms with Crippen molar-refractivity contribution in [1.82, 2.24) is 4.90 Å². The van der Waals surface area contributed by atoms with Crippen molar-refractivity contribution < 1.29 is 4.79 Å². The molecule has 0 aliphatic heterocycles. The summed E-state index contributed by atoms with van der Waals surface area (Å²) in [5, 5.41) is 0. The molecule has 0 spiro atoms. The Bertz CT molecular complexity index is 163. The van der Waals surface area contributed by atoms with Gasteiger partial charge >= 0.3 is 0 Å². The van der Waals surface area contributed by atoms with Crippen LogP contribution in [0.4, 0.5) is 0 Å². The molecule has 70 valence electrons. The van der Waals surface area contributed by atoms with Gasteiger partial charge in [0, 0.05) is 13.1 Å². The first-order chi connectivity index (χ1) is 5.63. The van der Waals surface area contributed by atoms with Crippen LogP contribution in [0.2, 0.25) is 0 Å². The predicted molar refractivity (Wildman–Crippen MR) is 52.0 cm³/mol. The number of likely N-dealkylation sites (N-methyl/N-ethyl adjacent to an activating group) is 1. The Hall–Kier alpha value is -0.790. The second kappa shape index (κ2) is 5.81. The maximum atomic E-state index is 11.3. The van der Waals surface area contributed by atoms with Gasteiger partial charge in [0.1, 0.15) is 0 Å². The third kappa shape index (κ3) is 3.56. The van der Waals surface area contributed by atoms with Crippen LogP contribution < -0.4 is 0 Å². The van der Waals surface area contributed by atoms with E-state index in [1.54, 1.807) is 17.1 Å². The molecule has 0 radical (unpaired) electrons. The first-order valence-corrected chi connectivity index (χ1v) is 4.53. The minimum atomic E-state index is 0.0958. The molecule has 0 rings (SSSR count). The summed E-state index contributed by atoms with van der Waals surface area (Å²) in [6, 6.07) is 0.346. The molecular weight excluding hydrogens is 150 g/mol. The summed E-state index contributed by atoms with van der Waals surface area (Å²) < 4.78 is 0. The number of carbonyl (C=O) groups is 1. The Morgan fingerprint density at radius 3 is 2.58 bits per heavy atom. The summed E-state index contributed by atoms with van der Waals surface area (Å²) in [4.78, 5) is 13.1. The van der Waals surface area contributed by atoms with E-state index in [9.17, 15) is 4.79 Å². The quantitative estimate of drug-likeness (QED) is 0.591. The molecule has 0 saturated heterocycles. The zero-order chi connectivity index (χ0) is 9.56. The molecule has 1 amide bonds. The Labute approximate surface area is 75.3 Å². The van der Waals surface area contributed by atoms with E-state index in [4.69, 9.17) is 0 Å². The minimum Gasteiger partial charge on any atom is -0.340 e. The number of carbonyl (C=O) groups excluding carboxylic acids is 1. The Kier molecular flexibility index (Phi) is 5.43. The fourth-order valence-corrected chi connectivity index (χ4v) is 1.09. The van der Waals surface area contributed by atoms with Gasteiger partial charge in [-0.25, -0.2) is 0 Å². The molecule has 12 heavy (non-hydrogen) atoms. The Morgan fingerprint density at radius 2 is 2.17 bits per heavy atom. The molecule has 1 atom stereocenters. The van der Waals surface area contributed by atoms with E-state index < -0.39 is 0 Å². The number of allylic oxidation sites excluding steroid dienone is 1. The molecule has 0 N–H and O–H groups in total. The number of hydrogen-bond donors (Lipinski definition) is 0. The van der Waals surface area contributed by atoms with E-state index in [2.05, 4.69) is 13.8 Å². The minimum absolute atomic E-state index is 0.0958. The van der Waals surface area contributed by atoms with E-state index in [0.717, 1.165) is 12.8 Å². The summed E-state index contributed by atoms with van der Waals surface area (Å²) in [5.41, 5.74) is 0. The normalized spacial score (nSPS) is 13.3. The van der Waals surface area contributed by atoms with Crippen LogP contribution in [0.3, 0.4) is 0 Å². The summed E-state index contributed by atoms with van der Waals surface area (Å²) in [6.07, 6.45) is 5.57. The van der Waals surface area contributed by atoms with Crippen LogP contribution in [0.1, 0.15) is 33.6 Å². The van der Waals surface area contributed by atoms with Gasteiger partial charge in [0.15, 0.2) is 0 Å². The topological polar surface area (TPSA) is 20.3 Å². The zero-order valence-corrected chi connectivity index (χ0v) is 8.50. The predicted octanol–water partition coefficient (Wildman–Crippen LogP) is 2.21. The van der Waals surface area contributed by atoms with E-state index in [-0.39, 0.29) is 5.91 Å². The maximum absolute atomic E-state index is 11.3. The molecule has 0 aliphatic rings. The van der Waals surface area contributed by atoms with Gasteiger partial charge in [-0.15, -0.1) is 0 Å². The van der Waals surface area contributed by atoms with Crippen molar-refractivity contribution >= 4 is 5.91 Å². The summed E-state index contributed by atoms with van der Waals surface area (Å²) in [7, 11) is 1.85. The van der Waals surface area contributed by atoms with E-state index >= 15 is 0 Å². The number of rotatable bonds is 4. The lowest BCUT2D eigenvalue weighted by Gasteiger charge is -2.23. The Balaban J connectivity index is 3.99. The van der Waals surface area contributed by atoms with Crippen LogP contribution >= 0.6 is 0 Å². The maximum Gasteiger partial charge on any atom is 0.246 e. The standard InChI is InChI=1S/C10H19NO/c1-5-7-9(3)11(4)10(12)8-6-2/h6,8-9H,5,7H2,1-4H3. The second-order valence-corrected chi connectivity index (χ2v) is 3.09. The van der Waals surface area contributed by atoms with Crippen LogP contribution in [0.25, 0.3) is 0 Å². The molecule has 0 aromatic heterocycles. The first-order valence-electron chi connectivity index (χ1n) is 4.53. The van der Waals surface area contributed by atoms with Crippen molar-refractivity contribution in [3.63, 3.8) is 0 Å². The molecule has 0 heterocycles. The van der Waals surface area contributed by atoms with E-state index in [0.29, 0.717) is 6.04 Å². The van der Waals surface area contributed by atoms with Crippen LogP contribution in [0.5, 0.6) is 0 Å². The van der Waals surface area contributed by atoms with Crippen molar-refractivity contribution in [3.05, 3.63) is 12.2 Å². The van der Waals surface area contributed by atoms with Gasteiger partial charge in [-0.3, -0.25) is 4.79 Å². The average molecular weight is 169 g/mol. The fraction of sp³-hybridized carbons (Fsp3) is 0.700. The third-order valence-electron chi connectivity index (χ3n) is 2.02. The zero-order valence-electron chi connectivity index (χ0n) is 8.50. The SMILES string of the molecule is CC=CC(=O)N(C)C(C)CCC. The van der Waals surface area contributed by atoms with Gasteiger partial charge in [0.2, 0.25) is 5.91 Å². The third-order valence-corrected chi connectivity index (χ3v) is 2.02. The highest BCUT2D eigenvalue weighted by molar-refractivity contribution is 5.87. The summed E-state index contributed by atoms with van der Waals surface area (Å²) in [5.74, 6) is 0.0958. The molecular formula is C10H19NO. The molecule has 0 aromatic rings. The monoisotopic (exact) mass is 169 g/mol. The summed E-state index contributed by atoms with van der Waals surface area (Å²) in [6.45, 7) is 6.06. The van der Waals surface area contributed by atoms with Crippen LogP contribution in [-0.4, -0.2) is 23.9 Å². The van der Waals surface area contributed by atoms with Crippen LogP contribution in [-0.2, 0) is 4.79 Å². The highest BCUT2D eigenvalue weighted by Gasteiger charge is 2.11. The van der Waals surface area contributed by atoms with Crippen LogP contribution in [0.15, 0.2) is 12.2 Å². The number of hydrogen-bond acceptors (Lipinski definition) is 1. The molecule has 0 aliphatic carbocycles. The van der Waals surface area contributed by atoms with Gasteiger partial charge in [-0.05, 0) is 26.3 Å². The van der Waals surface area contributed by atoms with Gasteiger partial charge in [0.05, 0.1) is 0 Å². The van der Waals surface area contributed by atoms with Gasteiger partial charge in [-0.1, -0.05) is 19.4 Å². The lowest BCUT2D eigenvalue weighted by molar-refractivity contribution is -0.126. The number of nitrogens with zero attached hydrogens (tertiary/aromatic N) is 1. The molecule has 0 fully saturated rings. The first kappa shape index (κ1) is 11.2. The smallest absolute Gasteiger partial charge is 0.246 e. The lowest BCUT2D eigenvalue weighted by atomic mass is 10.2. The fourth-order valence-electron chi connectivity index (χ4n) is 1.09. The molecule has 0 saturated carbocycles.